The Kier molecular flexibility index (Phi) is 5.60. The topological polar surface area (TPSA) is 115 Å². The van der Waals surface area contributed by atoms with Gasteiger partial charge < -0.3 is 25.2 Å². The van der Waals surface area contributed by atoms with Gasteiger partial charge in [0.2, 0.25) is 5.91 Å². The van der Waals surface area contributed by atoms with Crippen LogP contribution >= 0.6 is 0 Å². The standard InChI is InChI=1S/C18H22N4O5/c1-3-26-18(25)17-15-9-27-16-6-12(4-5-14(16)22(15)10-21-17)20-8-13(24)7-19-11(2)23/h4-6,10,13,20,24H,3,7-9H2,1-2H3,(H,19,23)/t13-/m0/s1. The number of nitrogens with zero attached hydrogens (tertiary/aromatic N) is 2. The second-order valence-electron chi connectivity index (χ2n) is 6.07. The van der Waals surface area contributed by atoms with Crippen molar-refractivity contribution in [3.8, 4) is 11.4 Å². The Morgan fingerprint density at radius 1 is 1.41 bits per heavy atom. The van der Waals surface area contributed by atoms with Gasteiger partial charge in [-0.15, -0.1) is 0 Å². The highest BCUT2D eigenvalue weighted by Gasteiger charge is 2.25. The first-order valence-electron chi connectivity index (χ1n) is 8.66. The van der Waals surface area contributed by atoms with E-state index in [9.17, 15) is 14.7 Å². The lowest BCUT2D eigenvalue weighted by Gasteiger charge is -2.21. The molecular weight excluding hydrogens is 352 g/mol. The zero-order valence-electron chi connectivity index (χ0n) is 15.2. The molecule has 3 rings (SSSR count). The van der Waals surface area contributed by atoms with Crippen molar-refractivity contribution in [1.82, 2.24) is 14.9 Å². The maximum atomic E-state index is 12.0. The smallest absolute Gasteiger partial charge is 0.358 e. The molecule has 2 heterocycles. The summed E-state index contributed by atoms with van der Waals surface area (Å²) in [6, 6.07) is 5.50. The van der Waals surface area contributed by atoms with Crippen molar-refractivity contribution < 1.29 is 24.2 Å². The van der Waals surface area contributed by atoms with Crippen LogP contribution in [0.5, 0.6) is 5.75 Å². The summed E-state index contributed by atoms with van der Waals surface area (Å²) in [5.41, 5.74) is 2.44. The van der Waals surface area contributed by atoms with Gasteiger partial charge in [0.25, 0.3) is 0 Å². The van der Waals surface area contributed by atoms with Crippen LogP contribution < -0.4 is 15.4 Å². The molecule has 0 spiro atoms. The Balaban J connectivity index is 1.70. The molecule has 0 fully saturated rings. The van der Waals surface area contributed by atoms with E-state index in [0.717, 1.165) is 11.4 Å². The Bertz CT molecular complexity index is 848. The summed E-state index contributed by atoms with van der Waals surface area (Å²) >= 11 is 0. The molecule has 1 aromatic heterocycles. The number of esters is 1. The average molecular weight is 374 g/mol. The number of imidazole rings is 1. The normalized spacial score (nSPS) is 13.0. The van der Waals surface area contributed by atoms with E-state index >= 15 is 0 Å². The summed E-state index contributed by atoms with van der Waals surface area (Å²) in [6.45, 7) is 4.09. The van der Waals surface area contributed by atoms with Crippen molar-refractivity contribution in [3.63, 3.8) is 0 Å². The molecule has 0 radical (unpaired) electrons. The predicted molar refractivity (Wildman–Crippen MR) is 97.0 cm³/mol. The molecule has 1 amide bonds. The van der Waals surface area contributed by atoms with E-state index in [1.165, 1.54) is 6.92 Å². The molecule has 9 nitrogen and oxygen atoms in total. The summed E-state index contributed by atoms with van der Waals surface area (Å²) in [5, 5.41) is 15.5. The Labute approximate surface area is 156 Å². The fourth-order valence-electron chi connectivity index (χ4n) is 2.74. The molecule has 2 aromatic rings. The van der Waals surface area contributed by atoms with Gasteiger partial charge in [0.05, 0.1) is 24.1 Å². The lowest BCUT2D eigenvalue weighted by Crippen LogP contribution is -2.34. The Hall–Kier alpha value is -3.07. The molecular formula is C18H22N4O5. The number of aliphatic hydroxyl groups is 1. The fourth-order valence-corrected chi connectivity index (χ4v) is 2.74. The van der Waals surface area contributed by atoms with Gasteiger partial charge in [-0.2, -0.15) is 0 Å². The predicted octanol–water partition coefficient (Wildman–Crippen LogP) is 0.850. The molecule has 0 bridgehead atoms. The van der Waals surface area contributed by atoms with E-state index in [-0.39, 0.29) is 37.9 Å². The van der Waals surface area contributed by atoms with E-state index in [1.807, 2.05) is 18.2 Å². The van der Waals surface area contributed by atoms with Crippen molar-refractivity contribution in [2.45, 2.75) is 26.6 Å². The number of rotatable bonds is 7. The summed E-state index contributed by atoms with van der Waals surface area (Å²) in [4.78, 5) is 27.0. The molecule has 0 unspecified atom stereocenters. The first-order valence-corrected chi connectivity index (χ1v) is 8.66. The largest absolute Gasteiger partial charge is 0.485 e. The maximum absolute atomic E-state index is 12.0. The number of carbonyl (C=O) groups excluding carboxylic acids is 2. The summed E-state index contributed by atoms with van der Waals surface area (Å²) in [7, 11) is 0. The van der Waals surface area contributed by atoms with Crippen molar-refractivity contribution in [1.29, 1.82) is 0 Å². The van der Waals surface area contributed by atoms with Crippen molar-refractivity contribution in [2.75, 3.05) is 25.0 Å². The van der Waals surface area contributed by atoms with Crippen molar-refractivity contribution in [3.05, 3.63) is 35.9 Å². The third-order valence-corrected chi connectivity index (χ3v) is 4.05. The van der Waals surface area contributed by atoms with Gasteiger partial charge in [0.1, 0.15) is 18.7 Å². The second kappa shape index (κ2) is 8.09. The highest BCUT2D eigenvalue weighted by molar-refractivity contribution is 5.89. The third kappa shape index (κ3) is 4.20. The zero-order chi connectivity index (χ0) is 19.4. The zero-order valence-corrected chi connectivity index (χ0v) is 15.2. The minimum absolute atomic E-state index is 0.179. The van der Waals surface area contributed by atoms with Gasteiger partial charge in [0.15, 0.2) is 5.69 Å². The quantitative estimate of drug-likeness (QED) is 0.616. The van der Waals surface area contributed by atoms with Gasteiger partial charge in [-0.1, -0.05) is 0 Å². The van der Waals surface area contributed by atoms with E-state index in [4.69, 9.17) is 9.47 Å². The van der Waals surface area contributed by atoms with E-state index < -0.39 is 12.1 Å². The third-order valence-electron chi connectivity index (χ3n) is 4.05. The lowest BCUT2D eigenvalue weighted by atomic mass is 10.2. The Morgan fingerprint density at radius 2 is 2.22 bits per heavy atom. The first kappa shape index (κ1) is 18.7. The van der Waals surface area contributed by atoms with Crippen molar-refractivity contribution >= 4 is 17.6 Å². The molecule has 0 saturated heterocycles. The van der Waals surface area contributed by atoms with E-state index in [0.29, 0.717) is 11.4 Å². The monoisotopic (exact) mass is 374 g/mol. The number of anilines is 1. The molecule has 1 aliphatic rings. The first-order chi connectivity index (χ1) is 13.0. The summed E-state index contributed by atoms with van der Waals surface area (Å²) in [6.07, 6.45) is 0.867. The highest BCUT2D eigenvalue weighted by Crippen LogP contribution is 2.33. The number of aliphatic hydroxyl groups excluding tert-OH is 1. The molecule has 1 atom stereocenters. The number of nitrogens with one attached hydrogen (secondary N) is 2. The maximum Gasteiger partial charge on any atom is 0.358 e. The van der Waals surface area contributed by atoms with Gasteiger partial charge in [-0.3, -0.25) is 9.36 Å². The van der Waals surface area contributed by atoms with Gasteiger partial charge in [-0.25, -0.2) is 9.78 Å². The van der Waals surface area contributed by atoms with Crippen LogP contribution in [-0.2, 0) is 16.1 Å². The number of fused-ring (bicyclic) bond motifs is 3. The summed E-state index contributed by atoms with van der Waals surface area (Å²) in [5.74, 6) is -0.0176. The minimum Gasteiger partial charge on any atom is -0.485 e. The molecule has 27 heavy (non-hydrogen) atoms. The number of hydrogen-bond acceptors (Lipinski definition) is 7. The van der Waals surface area contributed by atoms with Crippen LogP contribution in [0.15, 0.2) is 24.5 Å². The molecule has 144 valence electrons. The molecule has 0 aliphatic carbocycles. The molecule has 3 N–H and O–H groups in total. The van der Waals surface area contributed by atoms with Gasteiger partial charge in [-0.05, 0) is 19.1 Å². The summed E-state index contributed by atoms with van der Waals surface area (Å²) < 4.78 is 12.6. The molecule has 9 heteroatoms. The second-order valence-corrected chi connectivity index (χ2v) is 6.07. The van der Waals surface area contributed by atoms with Crippen LogP contribution in [0.1, 0.15) is 30.0 Å². The fraction of sp³-hybridized carbons (Fsp3) is 0.389. The van der Waals surface area contributed by atoms with Crippen LogP contribution in [0.2, 0.25) is 0 Å². The number of hydrogen-bond donors (Lipinski definition) is 3. The van der Waals surface area contributed by atoms with Crippen LogP contribution in [-0.4, -0.2) is 52.3 Å². The Morgan fingerprint density at radius 3 is 2.96 bits per heavy atom. The van der Waals surface area contributed by atoms with Crippen LogP contribution in [0.25, 0.3) is 5.69 Å². The minimum atomic E-state index is -0.710. The molecule has 1 aromatic carbocycles. The number of amides is 1. The molecule has 1 aliphatic heterocycles. The van der Waals surface area contributed by atoms with Crippen LogP contribution in [0.4, 0.5) is 5.69 Å². The van der Waals surface area contributed by atoms with Crippen LogP contribution in [0, 0.1) is 0 Å². The average Bonchev–Trinajstić information content (AvgIpc) is 3.09. The number of benzene rings is 1. The highest BCUT2D eigenvalue weighted by atomic mass is 16.5. The lowest BCUT2D eigenvalue weighted by molar-refractivity contribution is -0.119. The van der Waals surface area contributed by atoms with Gasteiger partial charge >= 0.3 is 5.97 Å². The SMILES string of the molecule is CCOC(=O)c1ncn2c1COc1cc(NC[C@@H](O)CNC(C)=O)ccc1-2. The van der Waals surface area contributed by atoms with E-state index in [2.05, 4.69) is 15.6 Å². The van der Waals surface area contributed by atoms with Crippen LogP contribution in [0.3, 0.4) is 0 Å². The van der Waals surface area contributed by atoms with Gasteiger partial charge in [0, 0.05) is 31.8 Å². The number of carbonyl (C=O) groups is 2. The number of ether oxygens (including phenoxy) is 2. The molecule has 0 saturated carbocycles. The van der Waals surface area contributed by atoms with Crippen molar-refractivity contribution in [2.24, 2.45) is 0 Å². The van der Waals surface area contributed by atoms with E-state index in [1.54, 1.807) is 17.8 Å². The number of aromatic nitrogens is 2.